The molecule has 0 bridgehead atoms. The monoisotopic (exact) mass is 254 g/mol. The van der Waals surface area contributed by atoms with Gasteiger partial charge < -0.3 is 15.0 Å². The summed E-state index contributed by atoms with van der Waals surface area (Å²) in [5, 5.41) is 3.36. The van der Waals surface area contributed by atoms with Crippen molar-refractivity contribution in [1.82, 2.24) is 10.2 Å². The third-order valence-electron chi connectivity index (χ3n) is 4.21. The van der Waals surface area contributed by atoms with Crippen LogP contribution in [0.15, 0.2) is 0 Å². The maximum Gasteiger partial charge on any atom is 0.410 e. The summed E-state index contributed by atoms with van der Waals surface area (Å²) in [6.45, 7) is 6.61. The molecule has 0 aromatic rings. The Bertz CT molecular complexity index is 318. The fraction of sp³-hybridized carbons (Fsp3) is 0.929. The van der Waals surface area contributed by atoms with Crippen molar-refractivity contribution in [1.29, 1.82) is 0 Å². The van der Waals surface area contributed by atoms with Crippen molar-refractivity contribution in [3.05, 3.63) is 0 Å². The van der Waals surface area contributed by atoms with Crippen LogP contribution < -0.4 is 5.32 Å². The zero-order valence-corrected chi connectivity index (χ0v) is 12.1. The first-order chi connectivity index (χ1) is 8.36. The van der Waals surface area contributed by atoms with E-state index >= 15 is 0 Å². The quantitative estimate of drug-likeness (QED) is 0.782. The van der Waals surface area contributed by atoms with Crippen LogP contribution in [-0.2, 0) is 4.74 Å². The highest BCUT2D eigenvalue weighted by atomic mass is 16.6. The molecule has 0 aromatic heterocycles. The molecule has 1 N–H and O–H groups in total. The van der Waals surface area contributed by atoms with Crippen molar-refractivity contribution >= 4 is 6.09 Å². The molecule has 1 saturated carbocycles. The molecule has 2 fully saturated rings. The largest absolute Gasteiger partial charge is 0.444 e. The lowest BCUT2D eigenvalue weighted by Crippen LogP contribution is -2.63. The van der Waals surface area contributed by atoms with Crippen LogP contribution in [-0.4, -0.2) is 41.8 Å². The Morgan fingerprint density at radius 1 is 1.39 bits per heavy atom. The SMILES string of the molecule is CNC1CCN(C(=O)OC(C)(C)C)C2(CCC2)C1. The van der Waals surface area contributed by atoms with Crippen molar-refractivity contribution in [2.24, 2.45) is 0 Å². The number of piperidine rings is 1. The molecular formula is C14H26N2O2. The molecule has 1 heterocycles. The molecule has 1 spiro atoms. The van der Waals surface area contributed by atoms with Gasteiger partial charge >= 0.3 is 6.09 Å². The molecule has 0 aromatic carbocycles. The van der Waals surface area contributed by atoms with Crippen LogP contribution >= 0.6 is 0 Å². The molecule has 18 heavy (non-hydrogen) atoms. The van der Waals surface area contributed by atoms with Gasteiger partial charge in [0.15, 0.2) is 0 Å². The van der Waals surface area contributed by atoms with Gasteiger partial charge in [0, 0.05) is 18.1 Å². The Morgan fingerprint density at radius 3 is 2.50 bits per heavy atom. The Hall–Kier alpha value is -0.770. The first kappa shape index (κ1) is 13.7. The van der Waals surface area contributed by atoms with Gasteiger partial charge in [-0.15, -0.1) is 0 Å². The van der Waals surface area contributed by atoms with Gasteiger partial charge in [-0.25, -0.2) is 4.79 Å². The van der Waals surface area contributed by atoms with Crippen LogP contribution in [0.3, 0.4) is 0 Å². The second-order valence-electron chi connectivity index (χ2n) is 6.69. The predicted molar refractivity (Wildman–Crippen MR) is 71.6 cm³/mol. The number of nitrogens with one attached hydrogen (secondary N) is 1. The highest BCUT2D eigenvalue weighted by Crippen LogP contribution is 2.44. The van der Waals surface area contributed by atoms with E-state index in [1.54, 1.807) is 0 Å². The average Bonchev–Trinajstić information content (AvgIpc) is 2.23. The molecule has 4 heteroatoms. The zero-order valence-electron chi connectivity index (χ0n) is 12.1. The van der Waals surface area contributed by atoms with E-state index in [1.807, 2.05) is 32.7 Å². The lowest BCUT2D eigenvalue weighted by molar-refractivity contribution is -0.0487. The number of nitrogens with zero attached hydrogens (tertiary/aromatic N) is 1. The van der Waals surface area contributed by atoms with Gasteiger partial charge in [0.1, 0.15) is 5.60 Å². The molecule has 0 radical (unpaired) electrons. The molecule has 104 valence electrons. The maximum atomic E-state index is 12.3. The molecule has 1 unspecified atom stereocenters. The Kier molecular flexibility index (Phi) is 3.58. The van der Waals surface area contributed by atoms with Crippen molar-refractivity contribution in [3.8, 4) is 0 Å². The minimum atomic E-state index is -0.401. The number of likely N-dealkylation sites (tertiary alicyclic amines) is 1. The number of carbonyl (C=O) groups excluding carboxylic acids is 1. The van der Waals surface area contributed by atoms with Gasteiger partial charge in [-0.3, -0.25) is 0 Å². The van der Waals surface area contributed by atoms with Crippen LogP contribution in [0.2, 0.25) is 0 Å². The van der Waals surface area contributed by atoms with Crippen molar-refractivity contribution < 1.29 is 9.53 Å². The highest BCUT2D eigenvalue weighted by molar-refractivity contribution is 5.69. The van der Waals surface area contributed by atoms with Crippen molar-refractivity contribution in [2.45, 2.75) is 70.1 Å². The molecule has 1 atom stereocenters. The lowest BCUT2D eigenvalue weighted by atomic mass is 9.69. The van der Waals surface area contributed by atoms with Crippen LogP contribution in [0.1, 0.15) is 52.9 Å². The summed E-state index contributed by atoms with van der Waals surface area (Å²) < 4.78 is 5.54. The topological polar surface area (TPSA) is 41.6 Å². The first-order valence-corrected chi connectivity index (χ1v) is 7.04. The van der Waals surface area contributed by atoms with Crippen molar-refractivity contribution in [3.63, 3.8) is 0 Å². The van der Waals surface area contributed by atoms with Crippen molar-refractivity contribution in [2.75, 3.05) is 13.6 Å². The third kappa shape index (κ3) is 2.63. The van der Waals surface area contributed by atoms with E-state index in [4.69, 9.17) is 4.74 Å². The average molecular weight is 254 g/mol. The highest BCUT2D eigenvalue weighted by Gasteiger charge is 2.49. The van der Waals surface area contributed by atoms with E-state index in [-0.39, 0.29) is 11.6 Å². The fourth-order valence-electron chi connectivity index (χ4n) is 3.10. The maximum absolute atomic E-state index is 12.3. The van der Waals surface area contributed by atoms with Gasteiger partial charge in [-0.2, -0.15) is 0 Å². The molecule has 1 aliphatic heterocycles. The van der Waals surface area contributed by atoms with Gasteiger partial charge in [-0.1, -0.05) is 0 Å². The number of rotatable bonds is 1. The van der Waals surface area contributed by atoms with Gasteiger partial charge in [-0.05, 0) is 59.9 Å². The van der Waals surface area contributed by atoms with E-state index in [2.05, 4.69) is 5.32 Å². The molecule has 2 aliphatic rings. The molecule has 1 saturated heterocycles. The summed E-state index contributed by atoms with van der Waals surface area (Å²) in [5.41, 5.74) is -0.323. The van der Waals surface area contributed by atoms with Crippen LogP contribution in [0, 0.1) is 0 Å². The molecule has 4 nitrogen and oxygen atoms in total. The van der Waals surface area contributed by atoms with Gasteiger partial charge in [0.25, 0.3) is 0 Å². The summed E-state index contributed by atoms with van der Waals surface area (Å²) in [6, 6.07) is 0.545. The first-order valence-electron chi connectivity index (χ1n) is 7.04. The zero-order chi connectivity index (χ0) is 13.4. The second-order valence-corrected chi connectivity index (χ2v) is 6.69. The molecular weight excluding hydrogens is 228 g/mol. The van der Waals surface area contributed by atoms with Crippen LogP contribution in [0.5, 0.6) is 0 Å². The number of hydrogen-bond donors (Lipinski definition) is 1. The van der Waals surface area contributed by atoms with Gasteiger partial charge in [0.05, 0.1) is 0 Å². The minimum Gasteiger partial charge on any atom is -0.444 e. The summed E-state index contributed by atoms with van der Waals surface area (Å²) in [5.74, 6) is 0. The smallest absolute Gasteiger partial charge is 0.410 e. The van der Waals surface area contributed by atoms with E-state index in [1.165, 1.54) is 6.42 Å². The minimum absolute atomic E-state index is 0.0776. The Labute approximate surface area is 110 Å². The normalized spacial score (nSPS) is 26.9. The van der Waals surface area contributed by atoms with E-state index in [0.29, 0.717) is 6.04 Å². The summed E-state index contributed by atoms with van der Waals surface area (Å²) in [7, 11) is 2.01. The summed E-state index contributed by atoms with van der Waals surface area (Å²) >= 11 is 0. The number of amides is 1. The fourth-order valence-corrected chi connectivity index (χ4v) is 3.10. The number of ether oxygens (including phenoxy) is 1. The second kappa shape index (κ2) is 4.72. The van der Waals surface area contributed by atoms with E-state index < -0.39 is 5.60 Å². The summed E-state index contributed by atoms with van der Waals surface area (Å²) in [6.07, 6.45) is 5.46. The standard InChI is InChI=1S/C14H26N2O2/c1-13(2,3)18-12(17)16-9-6-11(15-4)10-14(16)7-5-8-14/h11,15H,5-10H2,1-4H3. The van der Waals surface area contributed by atoms with E-state index in [9.17, 15) is 4.79 Å². The Morgan fingerprint density at radius 2 is 2.06 bits per heavy atom. The lowest BCUT2D eigenvalue weighted by Gasteiger charge is -2.54. The predicted octanol–water partition coefficient (Wildman–Crippen LogP) is 2.53. The van der Waals surface area contributed by atoms with Crippen LogP contribution in [0.4, 0.5) is 4.79 Å². The Balaban J connectivity index is 2.05. The number of carbonyl (C=O) groups is 1. The molecule has 1 amide bonds. The number of hydrogen-bond acceptors (Lipinski definition) is 3. The van der Waals surface area contributed by atoms with E-state index in [0.717, 1.165) is 32.2 Å². The molecule has 1 aliphatic carbocycles. The third-order valence-corrected chi connectivity index (χ3v) is 4.21. The molecule has 2 rings (SSSR count). The van der Waals surface area contributed by atoms with Gasteiger partial charge in [0.2, 0.25) is 0 Å². The van der Waals surface area contributed by atoms with Crippen LogP contribution in [0.25, 0.3) is 0 Å². The summed E-state index contributed by atoms with van der Waals surface area (Å²) in [4.78, 5) is 14.3.